The van der Waals surface area contributed by atoms with E-state index in [0.29, 0.717) is 23.9 Å². The zero-order valence-electron chi connectivity index (χ0n) is 13.2. The minimum atomic E-state index is -0.254. The van der Waals surface area contributed by atoms with E-state index in [0.717, 1.165) is 38.9 Å². The Bertz CT molecular complexity index is 302. The van der Waals surface area contributed by atoms with E-state index in [1.54, 1.807) is 0 Å². The smallest absolute Gasteiger partial charge is 0.231 e. The van der Waals surface area contributed by atoms with E-state index in [2.05, 4.69) is 31.0 Å². The number of nitrogens with one attached hydrogen (secondary N) is 1. The van der Waals surface area contributed by atoms with Crippen molar-refractivity contribution in [2.75, 3.05) is 32.8 Å². The number of hydrogen-bond acceptors (Lipinski definition) is 4. The SMILES string of the molecule is CC(C)(C)CC1CC(NCCCO)CN(CC(N)=O)C1. The van der Waals surface area contributed by atoms with Gasteiger partial charge in [0.05, 0.1) is 6.54 Å². The Morgan fingerprint density at radius 1 is 1.40 bits per heavy atom. The molecular formula is C15H31N3O2. The van der Waals surface area contributed by atoms with Crippen molar-refractivity contribution < 1.29 is 9.90 Å². The maximum absolute atomic E-state index is 11.2. The van der Waals surface area contributed by atoms with Crippen molar-refractivity contribution in [2.24, 2.45) is 17.1 Å². The minimum Gasteiger partial charge on any atom is -0.396 e. The lowest BCUT2D eigenvalue weighted by atomic mass is 9.80. The summed E-state index contributed by atoms with van der Waals surface area (Å²) in [4.78, 5) is 13.3. The van der Waals surface area contributed by atoms with Crippen LogP contribution in [0.15, 0.2) is 0 Å². The third-order valence-corrected chi connectivity index (χ3v) is 3.66. The first-order chi connectivity index (χ1) is 9.30. The van der Waals surface area contributed by atoms with E-state index in [4.69, 9.17) is 10.8 Å². The summed E-state index contributed by atoms with van der Waals surface area (Å²) in [7, 11) is 0. The fourth-order valence-electron chi connectivity index (χ4n) is 3.20. The lowest BCUT2D eigenvalue weighted by Gasteiger charge is -2.40. The van der Waals surface area contributed by atoms with Gasteiger partial charge in [-0.05, 0) is 37.1 Å². The second-order valence-corrected chi connectivity index (χ2v) is 7.26. The van der Waals surface area contributed by atoms with Crippen LogP contribution >= 0.6 is 0 Å². The molecule has 1 aliphatic rings. The number of primary amides is 1. The number of hydrogen-bond donors (Lipinski definition) is 3. The first-order valence-corrected chi connectivity index (χ1v) is 7.65. The van der Waals surface area contributed by atoms with Gasteiger partial charge in [0.15, 0.2) is 0 Å². The second-order valence-electron chi connectivity index (χ2n) is 7.26. The summed E-state index contributed by atoms with van der Waals surface area (Å²) in [5.74, 6) is 0.338. The highest BCUT2D eigenvalue weighted by atomic mass is 16.3. The predicted octanol–water partition coefficient (Wildman–Crippen LogP) is 0.570. The molecule has 1 rings (SSSR count). The van der Waals surface area contributed by atoms with Crippen molar-refractivity contribution in [1.29, 1.82) is 0 Å². The zero-order chi connectivity index (χ0) is 15.2. The van der Waals surface area contributed by atoms with Crippen molar-refractivity contribution in [3.8, 4) is 0 Å². The van der Waals surface area contributed by atoms with Gasteiger partial charge in [-0.2, -0.15) is 0 Å². The summed E-state index contributed by atoms with van der Waals surface area (Å²) in [5, 5.41) is 12.3. The zero-order valence-corrected chi connectivity index (χ0v) is 13.2. The second kappa shape index (κ2) is 7.96. The summed E-state index contributed by atoms with van der Waals surface area (Å²) in [6.07, 6.45) is 3.06. The van der Waals surface area contributed by atoms with Crippen LogP contribution in [0.25, 0.3) is 0 Å². The van der Waals surface area contributed by atoms with Gasteiger partial charge in [0.25, 0.3) is 0 Å². The molecule has 0 bridgehead atoms. The molecule has 0 aromatic rings. The van der Waals surface area contributed by atoms with Gasteiger partial charge in [-0.15, -0.1) is 0 Å². The van der Waals surface area contributed by atoms with E-state index in [9.17, 15) is 4.79 Å². The fourth-order valence-corrected chi connectivity index (χ4v) is 3.20. The maximum Gasteiger partial charge on any atom is 0.231 e. The number of nitrogens with two attached hydrogens (primary N) is 1. The largest absolute Gasteiger partial charge is 0.396 e. The molecule has 0 aromatic carbocycles. The van der Waals surface area contributed by atoms with Crippen LogP contribution < -0.4 is 11.1 Å². The lowest BCUT2D eigenvalue weighted by molar-refractivity contribution is -0.119. The number of likely N-dealkylation sites (tertiary alicyclic amines) is 1. The van der Waals surface area contributed by atoms with Gasteiger partial charge >= 0.3 is 0 Å². The molecule has 1 saturated heterocycles. The van der Waals surface area contributed by atoms with Gasteiger partial charge in [-0.3, -0.25) is 9.69 Å². The number of carbonyl (C=O) groups is 1. The van der Waals surface area contributed by atoms with E-state index in [1.807, 2.05) is 0 Å². The third-order valence-electron chi connectivity index (χ3n) is 3.66. The number of aliphatic hydroxyl groups excluding tert-OH is 1. The first-order valence-electron chi connectivity index (χ1n) is 7.65. The van der Waals surface area contributed by atoms with Crippen molar-refractivity contribution in [2.45, 2.75) is 46.1 Å². The molecule has 1 amide bonds. The Balaban J connectivity index is 2.55. The van der Waals surface area contributed by atoms with Crippen molar-refractivity contribution in [3.63, 3.8) is 0 Å². The average Bonchev–Trinajstić information content (AvgIpc) is 2.25. The van der Waals surface area contributed by atoms with Crippen LogP contribution in [0.5, 0.6) is 0 Å². The normalized spacial score (nSPS) is 24.8. The highest BCUT2D eigenvalue weighted by molar-refractivity contribution is 5.75. The van der Waals surface area contributed by atoms with E-state index >= 15 is 0 Å². The molecule has 0 spiro atoms. The van der Waals surface area contributed by atoms with Crippen LogP contribution in [-0.4, -0.2) is 54.7 Å². The van der Waals surface area contributed by atoms with Gasteiger partial charge in [-0.1, -0.05) is 20.8 Å². The number of rotatable bonds is 7. The van der Waals surface area contributed by atoms with Gasteiger partial charge in [-0.25, -0.2) is 0 Å². The maximum atomic E-state index is 11.2. The van der Waals surface area contributed by atoms with Crippen LogP contribution in [0.1, 0.15) is 40.0 Å². The molecule has 0 radical (unpaired) electrons. The Morgan fingerprint density at radius 3 is 2.65 bits per heavy atom. The molecule has 0 aromatic heterocycles. The Hall–Kier alpha value is -0.650. The van der Waals surface area contributed by atoms with Gasteiger partial charge < -0.3 is 16.2 Å². The predicted molar refractivity (Wildman–Crippen MR) is 81.3 cm³/mol. The topological polar surface area (TPSA) is 78.6 Å². The van der Waals surface area contributed by atoms with Gasteiger partial charge in [0.2, 0.25) is 5.91 Å². The minimum absolute atomic E-state index is 0.218. The van der Waals surface area contributed by atoms with Crippen LogP contribution in [-0.2, 0) is 4.79 Å². The molecule has 118 valence electrons. The van der Waals surface area contributed by atoms with Crippen molar-refractivity contribution in [3.05, 3.63) is 0 Å². The molecule has 0 aliphatic carbocycles. The molecule has 5 heteroatoms. The highest BCUT2D eigenvalue weighted by Crippen LogP contribution is 2.30. The Kier molecular flexibility index (Phi) is 6.92. The number of amides is 1. The molecule has 0 saturated carbocycles. The molecule has 1 aliphatic heterocycles. The quantitative estimate of drug-likeness (QED) is 0.598. The molecule has 1 fully saturated rings. The Labute approximate surface area is 122 Å². The average molecular weight is 285 g/mol. The number of nitrogens with zero attached hydrogens (tertiary/aromatic N) is 1. The molecule has 20 heavy (non-hydrogen) atoms. The van der Waals surface area contributed by atoms with Crippen LogP contribution in [0.3, 0.4) is 0 Å². The van der Waals surface area contributed by atoms with Gasteiger partial charge in [0, 0.05) is 25.7 Å². The van der Waals surface area contributed by atoms with Crippen LogP contribution in [0.2, 0.25) is 0 Å². The highest BCUT2D eigenvalue weighted by Gasteiger charge is 2.30. The van der Waals surface area contributed by atoms with E-state index in [1.165, 1.54) is 0 Å². The van der Waals surface area contributed by atoms with Crippen molar-refractivity contribution in [1.82, 2.24) is 10.2 Å². The fraction of sp³-hybridized carbons (Fsp3) is 0.933. The monoisotopic (exact) mass is 285 g/mol. The summed E-state index contributed by atoms with van der Waals surface area (Å²) >= 11 is 0. The Morgan fingerprint density at radius 2 is 2.10 bits per heavy atom. The summed E-state index contributed by atoms with van der Waals surface area (Å²) in [5.41, 5.74) is 5.63. The summed E-state index contributed by atoms with van der Waals surface area (Å²) < 4.78 is 0. The standard InChI is InChI=1S/C15H31N3O2/c1-15(2,3)8-12-7-13(17-5-4-6-19)10-18(9-12)11-14(16)20/h12-13,17,19H,4-11H2,1-3H3,(H2,16,20). The molecule has 4 N–H and O–H groups in total. The molecular weight excluding hydrogens is 254 g/mol. The summed E-state index contributed by atoms with van der Waals surface area (Å²) in [6, 6.07) is 0.391. The van der Waals surface area contributed by atoms with E-state index in [-0.39, 0.29) is 12.5 Å². The molecule has 1 heterocycles. The van der Waals surface area contributed by atoms with Crippen LogP contribution in [0.4, 0.5) is 0 Å². The first kappa shape index (κ1) is 17.4. The molecule has 2 unspecified atom stereocenters. The third kappa shape index (κ3) is 7.22. The summed E-state index contributed by atoms with van der Waals surface area (Å²) in [6.45, 7) is 9.99. The lowest BCUT2D eigenvalue weighted by Crippen LogP contribution is -2.52. The molecule has 5 nitrogen and oxygen atoms in total. The number of aliphatic hydroxyl groups is 1. The van der Waals surface area contributed by atoms with Gasteiger partial charge in [0.1, 0.15) is 0 Å². The van der Waals surface area contributed by atoms with Crippen LogP contribution in [0, 0.1) is 11.3 Å². The molecule has 2 atom stereocenters. The van der Waals surface area contributed by atoms with Crippen molar-refractivity contribution >= 4 is 5.91 Å². The number of carbonyl (C=O) groups excluding carboxylic acids is 1. The van der Waals surface area contributed by atoms with E-state index < -0.39 is 0 Å². The number of piperidine rings is 1.